The van der Waals surface area contributed by atoms with Gasteiger partial charge in [-0.25, -0.2) is 0 Å². The summed E-state index contributed by atoms with van der Waals surface area (Å²) in [6.45, 7) is 2.61. The van der Waals surface area contributed by atoms with Gasteiger partial charge >= 0.3 is 0 Å². The second-order valence-electron chi connectivity index (χ2n) is 4.65. The molecule has 0 aliphatic carbocycles. The number of nitrogens with two attached hydrogens (primary N) is 1. The number of methoxy groups -OCH3 is 2. The highest BCUT2D eigenvalue weighted by molar-refractivity contribution is 6.31. The van der Waals surface area contributed by atoms with Crippen molar-refractivity contribution in [3.63, 3.8) is 0 Å². The molecule has 0 aliphatic heterocycles. The maximum Gasteiger partial charge on any atom is 0.162 e. The van der Waals surface area contributed by atoms with Crippen molar-refractivity contribution in [3.8, 4) is 11.5 Å². The van der Waals surface area contributed by atoms with Crippen LogP contribution in [0.25, 0.3) is 0 Å². The first-order valence-electron chi connectivity index (χ1n) is 6.29. The van der Waals surface area contributed by atoms with Crippen LogP contribution in [0.5, 0.6) is 11.5 Å². The normalized spacial score (nSPS) is 14.0. The lowest BCUT2D eigenvalue weighted by atomic mass is 9.90. The van der Waals surface area contributed by atoms with Crippen molar-refractivity contribution in [3.05, 3.63) is 22.7 Å². The molecule has 0 saturated heterocycles. The average Bonchev–Trinajstić information content (AvgIpc) is 2.43. The summed E-state index contributed by atoms with van der Waals surface area (Å²) in [5.74, 6) is 1.54. The molecule has 2 atom stereocenters. The van der Waals surface area contributed by atoms with Crippen LogP contribution in [0.15, 0.2) is 12.1 Å². The highest BCUT2D eigenvalue weighted by atomic mass is 35.5. The number of benzene rings is 1. The Labute approximate surface area is 119 Å². The van der Waals surface area contributed by atoms with E-state index in [1.165, 1.54) is 0 Å². The summed E-state index contributed by atoms with van der Waals surface area (Å²) in [6.07, 6.45) is 0.780. The Morgan fingerprint density at radius 3 is 2.32 bits per heavy atom. The van der Waals surface area contributed by atoms with E-state index in [1.807, 2.05) is 6.07 Å². The molecule has 0 saturated carbocycles. The predicted octanol–water partition coefficient (Wildman–Crippen LogP) is 2.42. The first kappa shape index (κ1) is 16.1. The third-order valence-electron chi connectivity index (χ3n) is 3.31. The van der Waals surface area contributed by atoms with Crippen molar-refractivity contribution in [2.75, 3.05) is 27.4 Å². The lowest BCUT2D eigenvalue weighted by molar-refractivity contribution is 0.217. The molecule has 4 nitrogen and oxygen atoms in total. The highest BCUT2D eigenvalue weighted by Crippen LogP contribution is 2.38. The minimum Gasteiger partial charge on any atom is -0.493 e. The predicted molar refractivity (Wildman–Crippen MR) is 77.2 cm³/mol. The quantitative estimate of drug-likeness (QED) is 0.808. The molecular weight excluding hydrogens is 266 g/mol. The topological polar surface area (TPSA) is 64.7 Å². The van der Waals surface area contributed by atoms with Crippen LogP contribution in [-0.4, -0.2) is 32.5 Å². The minimum atomic E-state index is 0.0826. The summed E-state index contributed by atoms with van der Waals surface area (Å²) in [7, 11) is 3.17. The first-order chi connectivity index (χ1) is 9.07. The number of halogens is 1. The molecule has 1 aromatic rings. The Morgan fingerprint density at radius 1 is 1.26 bits per heavy atom. The molecule has 0 spiro atoms. The molecule has 1 rings (SSSR count). The average molecular weight is 288 g/mol. The van der Waals surface area contributed by atoms with Gasteiger partial charge in [0.25, 0.3) is 0 Å². The zero-order valence-corrected chi connectivity index (χ0v) is 12.4. The van der Waals surface area contributed by atoms with Gasteiger partial charge in [-0.15, -0.1) is 0 Å². The second kappa shape index (κ2) is 7.58. The van der Waals surface area contributed by atoms with Crippen LogP contribution in [0.4, 0.5) is 0 Å². The molecule has 0 aliphatic rings. The summed E-state index contributed by atoms with van der Waals surface area (Å²) in [5, 5.41) is 9.85. The van der Waals surface area contributed by atoms with Gasteiger partial charge in [-0.1, -0.05) is 18.5 Å². The van der Waals surface area contributed by atoms with Gasteiger partial charge in [-0.3, -0.25) is 0 Å². The summed E-state index contributed by atoms with van der Waals surface area (Å²) < 4.78 is 10.5. The zero-order valence-electron chi connectivity index (χ0n) is 11.6. The van der Waals surface area contributed by atoms with Gasteiger partial charge in [0.2, 0.25) is 0 Å². The number of ether oxygens (including phenoxy) is 2. The molecule has 0 amide bonds. The van der Waals surface area contributed by atoms with Crippen LogP contribution in [-0.2, 0) is 0 Å². The third-order valence-corrected chi connectivity index (χ3v) is 3.64. The fraction of sp³-hybridized carbons (Fsp3) is 0.571. The van der Waals surface area contributed by atoms with E-state index >= 15 is 0 Å². The van der Waals surface area contributed by atoms with Crippen LogP contribution in [0.1, 0.15) is 24.8 Å². The fourth-order valence-electron chi connectivity index (χ4n) is 2.12. The summed E-state index contributed by atoms with van der Waals surface area (Å²) in [4.78, 5) is 0. The molecule has 19 heavy (non-hydrogen) atoms. The fourth-order valence-corrected chi connectivity index (χ4v) is 2.46. The van der Waals surface area contributed by atoms with Crippen LogP contribution in [0.3, 0.4) is 0 Å². The lowest BCUT2D eigenvalue weighted by Gasteiger charge is -2.20. The minimum absolute atomic E-state index is 0.0826. The molecule has 3 N–H and O–H groups in total. The van der Waals surface area contributed by atoms with Crippen LogP contribution in [0, 0.1) is 5.92 Å². The first-order valence-corrected chi connectivity index (χ1v) is 6.67. The van der Waals surface area contributed by atoms with Crippen LogP contribution in [0.2, 0.25) is 5.02 Å². The molecular formula is C14H22ClNO3. The van der Waals surface area contributed by atoms with Crippen molar-refractivity contribution in [1.82, 2.24) is 0 Å². The van der Waals surface area contributed by atoms with E-state index < -0.39 is 0 Å². The van der Waals surface area contributed by atoms with Crippen LogP contribution >= 0.6 is 11.6 Å². The maximum absolute atomic E-state index is 9.22. The number of rotatable bonds is 7. The van der Waals surface area contributed by atoms with E-state index in [0.29, 0.717) is 23.1 Å². The largest absolute Gasteiger partial charge is 0.493 e. The monoisotopic (exact) mass is 287 g/mol. The Balaban J connectivity index is 2.99. The number of hydrogen-bond acceptors (Lipinski definition) is 4. The molecule has 5 heteroatoms. The standard InChI is InChI=1S/C14H22ClNO3/c1-9(4-10(7-16)8-17)11-5-13(18-2)14(19-3)6-12(11)15/h5-6,9-10,17H,4,7-8,16H2,1-3H3. The van der Waals surface area contributed by atoms with E-state index in [9.17, 15) is 5.11 Å². The van der Waals surface area contributed by atoms with Gasteiger partial charge in [0.05, 0.1) is 14.2 Å². The van der Waals surface area contributed by atoms with Crippen molar-refractivity contribution in [2.45, 2.75) is 19.3 Å². The molecule has 108 valence electrons. The van der Waals surface area contributed by atoms with Crippen molar-refractivity contribution in [1.29, 1.82) is 0 Å². The van der Waals surface area contributed by atoms with Crippen LogP contribution < -0.4 is 15.2 Å². The van der Waals surface area contributed by atoms with Crippen molar-refractivity contribution in [2.24, 2.45) is 11.7 Å². The van der Waals surface area contributed by atoms with E-state index in [-0.39, 0.29) is 18.4 Å². The molecule has 0 radical (unpaired) electrons. The molecule has 2 unspecified atom stereocenters. The molecule has 0 fully saturated rings. The number of aliphatic hydroxyl groups is 1. The third kappa shape index (κ3) is 4.00. The SMILES string of the molecule is COc1cc(Cl)c(C(C)CC(CN)CO)cc1OC. The van der Waals surface area contributed by atoms with Gasteiger partial charge < -0.3 is 20.3 Å². The number of aliphatic hydroxyl groups excluding tert-OH is 1. The van der Waals surface area contributed by atoms with E-state index in [0.717, 1.165) is 12.0 Å². The lowest BCUT2D eigenvalue weighted by Crippen LogP contribution is -2.20. The van der Waals surface area contributed by atoms with Gasteiger partial charge in [0, 0.05) is 17.7 Å². The molecule has 0 heterocycles. The van der Waals surface area contributed by atoms with Gasteiger partial charge in [0.15, 0.2) is 11.5 Å². The Morgan fingerprint density at radius 2 is 1.84 bits per heavy atom. The highest BCUT2D eigenvalue weighted by Gasteiger charge is 2.18. The molecule has 0 aromatic heterocycles. The Hall–Kier alpha value is -0.970. The zero-order chi connectivity index (χ0) is 14.4. The van der Waals surface area contributed by atoms with Gasteiger partial charge in [0.1, 0.15) is 0 Å². The summed E-state index contributed by atoms with van der Waals surface area (Å²) >= 11 is 6.27. The summed E-state index contributed by atoms with van der Waals surface area (Å²) in [5.41, 5.74) is 6.59. The number of hydrogen-bond donors (Lipinski definition) is 2. The molecule has 0 bridgehead atoms. The second-order valence-corrected chi connectivity index (χ2v) is 5.06. The van der Waals surface area contributed by atoms with Crippen molar-refractivity contribution < 1.29 is 14.6 Å². The van der Waals surface area contributed by atoms with Crippen molar-refractivity contribution >= 4 is 11.6 Å². The van der Waals surface area contributed by atoms with Gasteiger partial charge in [-0.05, 0) is 36.4 Å². The Kier molecular flexibility index (Phi) is 6.42. The van der Waals surface area contributed by atoms with E-state index in [4.69, 9.17) is 26.8 Å². The van der Waals surface area contributed by atoms with E-state index in [1.54, 1.807) is 20.3 Å². The maximum atomic E-state index is 9.22. The summed E-state index contributed by atoms with van der Waals surface area (Å²) in [6, 6.07) is 3.64. The Bertz CT molecular complexity index is 408. The van der Waals surface area contributed by atoms with E-state index in [2.05, 4.69) is 6.92 Å². The molecule has 1 aromatic carbocycles. The van der Waals surface area contributed by atoms with Gasteiger partial charge in [-0.2, -0.15) is 0 Å². The smallest absolute Gasteiger partial charge is 0.162 e.